The highest BCUT2D eigenvalue weighted by Crippen LogP contribution is 2.10. The molecule has 1 unspecified atom stereocenters. The lowest BCUT2D eigenvalue weighted by Gasteiger charge is -2.12. The average molecular weight is 355 g/mol. The highest BCUT2D eigenvalue weighted by atomic mass is 32.1. The molecule has 2 N–H and O–H groups in total. The van der Waals surface area contributed by atoms with Gasteiger partial charge in [0.2, 0.25) is 0 Å². The summed E-state index contributed by atoms with van der Waals surface area (Å²) in [6, 6.07) is 0. The number of thiazole rings is 1. The fraction of sp³-hybridized carbons (Fsp3) is 0.765. The second-order valence-corrected chi connectivity index (χ2v) is 6.83. The third kappa shape index (κ3) is 7.59. The van der Waals surface area contributed by atoms with Crippen molar-refractivity contribution in [1.29, 1.82) is 0 Å². The highest BCUT2D eigenvalue weighted by molar-refractivity contribution is 7.09. The van der Waals surface area contributed by atoms with Gasteiger partial charge in [-0.2, -0.15) is 0 Å². The van der Waals surface area contributed by atoms with Crippen LogP contribution in [0.5, 0.6) is 0 Å². The smallest absolute Gasteiger partial charge is 0.191 e. The van der Waals surface area contributed by atoms with Crippen LogP contribution in [0.1, 0.15) is 36.9 Å². The van der Waals surface area contributed by atoms with E-state index in [1.165, 1.54) is 5.01 Å². The molecule has 0 amide bonds. The summed E-state index contributed by atoms with van der Waals surface area (Å²) in [6.07, 6.45) is 4.31. The first-order valence-corrected chi connectivity index (χ1v) is 9.78. The van der Waals surface area contributed by atoms with Crippen molar-refractivity contribution in [2.75, 3.05) is 39.5 Å². The number of nitrogens with one attached hydrogen (secondary N) is 2. The van der Waals surface area contributed by atoms with E-state index in [4.69, 9.17) is 9.47 Å². The SMILES string of the molecule is CCNC(=NCCCc1nc(C)cs1)NCCCOC1CCOC1. The standard InChI is InChI=1S/C17H30N4O2S/c1-3-18-17(19-8-4-6-16-21-14(2)13-24-16)20-9-5-10-23-15-7-11-22-12-15/h13,15H,3-12H2,1-2H3,(H2,18,19,20). The molecule has 7 heteroatoms. The molecule has 136 valence electrons. The predicted molar refractivity (Wildman–Crippen MR) is 98.9 cm³/mol. The minimum atomic E-state index is 0.293. The molecule has 1 saturated heterocycles. The molecule has 0 saturated carbocycles. The molecule has 1 aromatic heterocycles. The van der Waals surface area contributed by atoms with E-state index in [0.29, 0.717) is 6.10 Å². The van der Waals surface area contributed by atoms with Gasteiger partial charge >= 0.3 is 0 Å². The quantitative estimate of drug-likeness (QED) is 0.383. The maximum atomic E-state index is 5.76. The maximum Gasteiger partial charge on any atom is 0.191 e. The third-order valence-corrected chi connectivity index (χ3v) is 4.71. The summed E-state index contributed by atoms with van der Waals surface area (Å²) < 4.78 is 11.1. The van der Waals surface area contributed by atoms with Crippen LogP contribution in [-0.2, 0) is 15.9 Å². The second-order valence-electron chi connectivity index (χ2n) is 5.88. The van der Waals surface area contributed by atoms with E-state index in [1.807, 2.05) is 6.92 Å². The van der Waals surface area contributed by atoms with E-state index in [1.54, 1.807) is 11.3 Å². The van der Waals surface area contributed by atoms with Crippen molar-refractivity contribution in [2.24, 2.45) is 4.99 Å². The van der Waals surface area contributed by atoms with Crippen molar-refractivity contribution in [3.05, 3.63) is 16.1 Å². The zero-order chi connectivity index (χ0) is 17.0. The molecule has 1 fully saturated rings. The fourth-order valence-electron chi connectivity index (χ4n) is 2.45. The first-order valence-electron chi connectivity index (χ1n) is 8.90. The van der Waals surface area contributed by atoms with E-state index in [9.17, 15) is 0 Å². The molecule has 2 rings (SSSR count). The van der Waals surface area contributed by atoms with Gasteiger partial charge in [0.05, 0.1) is 17.7 Å². The predicted octanol–water partition coefficient (Wildman–Crippen LogP) is 2.13. The van der Waals surface area contributed by atoms with E-state index in [2.05, 4.69) is 32.9 Å². The van der Waals surface area contributed by atoms with Crippen LogP contribution in [0.4, 0.5) is 0 Å². The molecule has 0 radical (unpaired) electrons. The van der Waals surface area contributed by atoms with Crippen LogP contribution in [0, 0.1) is 6.92 Å². The molecular weight excluding hydrogens is 324 g/mol. The van der Waals surface area contributed by atoms with Crippen molar-refractivity contribution in [1.82, 2.24) is 15.6 Å². The Balaban J connectivity index is 1.57. The molecule has 0 bridgehead atoms. The monoisotopic (exact) mass is 354 g/mol. The summed E-state index contributed by atoms with van der Waals surface area (Å²) in [7, 11) is 0. The van der Waals surface area contributed by atoms with Gasteiger partial charge in [-0.3, -0.25) is 4.99 Å². The van der Waals surface area contributed by atoms with Crippen molar-refractivity contribution in [3.63, 3.8) is 0 Å². The van der Waals surface area contributed by atoms with Crippen LogP contribution < -0.4 is 10.6 Å². The van der Waals surface area contributed by atoms with Crippen LogP contribution in [0.2, 0.25) is 0 Å². The van der Waals surface area contributed by atoms with Crippen molar-refractivity contribution < 1.29 is 9.47 Å². The van der Waals surface area contributed by atoms with Gasteiger partial charge in [0, 0.05) is 50.3 Å². The Labute approximate surface area is 149 Å². The Morgan fingerprint density at radius 3 is 3.08 bits per heavy atom. The van der Waals surface area contributed by atoms with Gasteiger partial charge in [-0.1, -0.05) is 0 Å². The highest BCUT2D eigenvalue weighted by Gasteiger charge is 2.15. The summed E-state index contributed by atoms with van der Waals surface area (Å²) >= 11 is 1.73. The van der Waals surface area contributed by atoms with Gasteiger partial charge in [0.25, 0.3) is 0 Å². The van der Waals surface area contributed by atoms with Crippen LogP contribution in [-0.4, -0.2) is 56.5 Å². The van der Waals surface area contributed by atoms with E-state index < -0.39 is 0 Å². The Kier molecular flexibility index (Phi) is 9.09. The third-order valence-electron chi connectivity index (χ3n) is 3.68. The van der Waals surface area contributed by atoms with Crippen molar-refractivity contribution in [3.8, 4) is 0 Å². The lowest BCUT2D eigenvalue weighted by atomic mass is 10.3. The van der Waals surface area contributed by atoms with E-state index in [-0.39, 0.29) is 0 Å². The van der Waals surface area contributed by atoms with Crippen molar-refractivity contribution in [2.45, 2.75) is 45.6 Å². The number of aryl methyl sites for hydroxylation is 2. The number of nitrogens with zero attached hydrogens (tertiary/aromatic N) is 2. The van der Waals surface area contributed by atoms with Crippen LogP contribution in [0.15, 0.2) is 10.4 Å². The molecule has 2 heterocycles. The number of aliphatic imine (C=N–C) groups is 1. The van der Waals surface area contributed by atoms with Gasteiger partial charge in [0.15, 0.2) is 5.96 Å². The maximum absolute atomic E-state index is 5.76. The molecule has 6 nitrogen and oxygen atoms in total. The van der Waals surface area contributed by atoms with Gasteiger partial charge in [0.1, 0.15) is 0 Å². The fourth-order valence-corrected chi connectivity index (χ4v) is 3.27. The van der Waals surface area contributed by atoms with Crippen LogP contribution >= 0.6 is 11.3 Å². The minimum Gasteiger partial charge on any atom is -0.379 e. The first-order chi connectivity index (χ1) is 11.8. The summed E-state index contributed by atoms with van der Waals surface area (Å²) in [5.74, 6) is 0.886. The molecule has 24 heavy (non-hydrogen) atoms. The number of ether oxygens (including phenoxy) is 2. The molecule has 1 aliphatic heterocycles. The molecule has 0 aromatic carbocycles. The molecular formula is C17H30N4O2S. The van der Waals surface area contributed by atoms with Gasteiger partial charge in [-0.05, 0) is 33.1 Å². The van der Waals surface area contributed by atoms with Crippen LogP contribution in [0.25, 0.3) is 0 Å². The number of rotatable bonds is 10. The number of aromatic nitrogens is 1. The van der Waals surface area contributed by atoms with Gasteiger partial charge < -0.3 is 20.1 Å². The zero-order valence-electron chi connectivity index (χ0n) is 14.8. The summed E-state index contributed by atoms with van der Waals surface area (Å²) in [4.78, 5) is 9.10. The molecule has 0 aliphatic carbocycles. The normalized spacial score (nSPS) is 18.1. The Hall–Kier alpha value is -1.18. The number of hydrogen-bond donors (Lipinski definition) is 2. The molecule has 1 atom stereocenters. The summed E-state index contributed by atoms with van der Waals surface area (Å²) in [6.45, 7) is 9.01. The summed E-state index contributed by atoms with van der Waals surface area (Å²) in [5, 5.41) is 9.95. The lowest BCUT2D eigenvalue weighted by molar-refractivity contribution is 0.0420. The largest absolute Gasteiger partial charge is 0.379 e. The molecule has 1 aliphatic rings. The van der Waals surface area contributed by atoms with Gasteiger partial charge in [-0.25, -0.2) is 4.98 Å². The van der Waals surface area contributed by atoms with E-state index in [0.717, 1.165) is 76.8 Å². The van der Waals surface area contributed by atoms with Crippen LogP contribution in [0.3, 0.4) is 0 Å². The Morgan fingerprint density at radius 1 is 1.46 bits per heavy atom. The van der Waals surface area contributed by atoms with Gasteiger partial charge in [-0.15, -0.1) is 11.3 Å². The molecule has 0 spiro atoms. The average Bonchev–Trinajstić information content (AvgIpc) is 3.22. The zero-order valence-corrected chi connectivity index (χ0v) is 15.7. The lowest BCUT2D eigenvalue weighted by Crippen LogP contribution is -2.38. The minimum absolute atomic E-state index is 0.293. The first kappa shape index (κ1) is 19.1. The number of guanidine groups is 1. The summed E-state index contributed by atoms with van der Waals surface area (Å²) in [5.41, 5.74) is 1.11. The Bertz CT molecular complexity index is 487. The Morgan fingerprint density at radius 2 is 2.38 bits per heavy atom. The number of hydrogen-bond acceptors (Lipinski definition) is 5. The van der Waals surface area contributed by atoms with Crippen molar-refractivity contribution >= 4 is 17.3 Å². The van der Waals surface area contributed by atoms with E-state index >= 15 is 0 Å². The second kappa shape index (κ2) is 11.4. The topological polar surface area (TPSA) is 67.8 Å². The molecule has 1 aromatic rings.